The average Bonchev–Trinajstić information content (AvgIpc) is 3.09. The first-order valence-electron chi connectivity index (χ1n) is 7.87. The molecule has 22 heavy (non-hydrogen) atoms. The van der Waals surface area contributed by atoms with Gasteiger partial charge < -0.3 is 15.6 Å². The zero-order valence-corrected chi connectivity index (χ0v) is 12.4. The SMILES string of the molecule is N[C@@H]1CN(C(=O)c2cccc(-c3ncc[nH]3)c2)C[C@H]1C1CC1. The van der Waals surface area contributed by atoms with Crippen molar-refractivity contribution in [3.8, 4) is 11.4 Å². The van der Waals surface area contributed by atoms with Gasteiger partial charge in [-0.25, -0.2) is 4.98 Å². The number of imidazole rings is 1. The summed E-state index contributed by atoms with van der Waals surface area (Å²) in [5.41, 5.74) is 7.86. The van der Waals surface area contributed by atoms with Gasteiger partial charge >= 0.3 is 0 Å². The number of rotatable bonds is 3. The second-order valence-corrected chi connectivity index (χ2v) is 6.39. The van der Waals surface area contributed by atoms with Crippen LogP contribution in [0.2, 0.25) is 0 Å². The fourth-order valence-electron chi connectivity index (χ4n) is 3.45. The Morgan fingerprint density at radius 3 is 2.91 bits per heavy atom. The molecule has 1 saturated heterocycles. The lowest BCUT2D eigenvalue weighted by Crippen LogP contribution is -2.32. The van der Waals surface area contributed by atoms with E-state index in [0.717, 1.165) is 23.9 Å². The van der Waals surface area contributed by atoms with Crippen LogP contribution in [0.25, 0.3) is 11.4 Å². The predicted octanol–water partition coefficient (Wildman–Crippen LogP) is 1.89. The Labute approximate surface area is 129 Å². The summed E-state index contributed by atoms with van der Waals surface area (Å²) < 4.78 is 0. The molecule has 0 spiro atoms. The van der Waals surface area contributed by atoms with Crippen molar-refractivity contribution < 1.29 is 4.79 Å². The number of nitrogens with one attached hydrogen (secondary N) is 1. The molecule has 2 fully saturated rings. The molecule has 5 heteroatoms. The molecular formula is C17H20N4O. The Kier molecular flexibility index (Phi) is 3.22. The molecule has 2 heterocycles. The van der Waals surface area contributed by atoms with E-state index in [9.17, 15) is 4.79 Å². The molecule has 5 nitrogen and oxygen atoms in total. The number of likely N-dealkylation sites (tertiary alicyclic amines) is 1. The smallest absolute Gasteiger partial charge is 0.253 e. The first kappa shape index (κ1) is 13.5. The minimum atomic E-state index is 0.0759. The van der Waals surface area contributed by atoms with Crippen molar-refractivity contribution in [3.63, 3.8) is 0 Å². The number of carbonyl (C=O) groups excluding carboxylic acids is 1. The third-order valence-electron chi connectivity index (χ3n) is 4.81. The lowest BCUT2D eigenvalue weighted by atomic mass is 9.99. The molecule has 0 unspecified atom stereocenters. The van der Waals surface area contributed by atoms with E-state index in [-0.39, 0.29) is 11.9 Å². The number of nitrogens with zero attached hydrogens (tertiary/aromatic N) is 2. The Hall–Kier alpha value is -2.14. The predicted molar refractivity (Wildman–Crippen MR) is 84.1 cm³/mol. The largest absolute Gasteiger partial charge is 0.345 e. The molecule has 1 aromatic heterocycles. The molecule has 0 bridgehead atoms. The van der Waals surface area contributed by atoms with Gasteiger partial charge in [0.2, 0.25) is 0 Å². The first-order chi connectivity index (χ1) is 10.7. The second-order valence-electron chi connectivity index (χ2n) is 6.39. The van der Waals surface area contributed by atoms with Crippen molar-refractivity contribution in [2.75, 3.05) is 13.1 Å². The Bertz CT molecular complexity index is 678. The van der Waals surface area contributed by atoms with Gasteiger partial charge in [0.1, 0.15) is 5.82 Å². The summed E-state index contributed by atoms with van der Waals surface area (Å²) >= 11 is 0. The maximum Gasteiger partial charge on any atom is 0.253 e. The highest BCUT2D eigenvalue weighted by atomic mass is 16.2. The number of aromatic nitrogens is 2. The molecule has 1 saturated carbocycles. The van der Waals surface area contributed by atoms with Gasteiger partial charge in [-0.3, -0.25) is 4.79 Å². The molecule has 2 atom stereocenters. The van der Waals surface area contributed by atoms with Gasteiger partial charge in [-0.2, -0.15) is 0 Å². The van der Waals surface area contributed by atoms with Crippen LogP contribution >= 0.6 is 0 Å². The van der Waals surface area contributed by atoms with Gasteiger partial charge in [-0.1, -0.05) is 12.1 Å². The summed E-state index contributed by atoms with van der Waals surface area (Å²) in [6, 6.07) is 7.75. The highest BCUT2D eigenvalue weighted by Gasteiger charge is 2.42. The van der Waals surface area contributed by atoms with Crippen molar-refractivity contribution in [2.45, 2.75) is 18.9 Å². The summed E-state index contributed by atoms with van der Waals surface area (Å²) in [5, 5.41) is 0. The lowest BCUT2D eigenvalue weighted by molar-refractivity contribution is 0.0785. The number of amides is 1. The third kappa shape index (κ3) is 2.41. The second kappa shape index (κ2) is 5.25. The number of hydrogen-bond acceptors (Lipinski definition) is 3. The van der Waals surface area contributed by atoms with E-state index in [0.29, 0.717) is 18.0 Å². The summed E-state index contributed by atoms with van der Waals surface area (Å²) in [6.07, 6.45) is 6.04. The van der Waals surface area contributed by atoms with Gasteiger partial charge in [-0.15, -0.1) is 0 Å². The fourth-order valence-corrected chi connectivity index (χ4v) is 3.45. The molecule has 2 aliphatic rings. The van der Waals surface area contributed by atoms with E-state index < -0.39 is 0 Å². The van der Waals surface area contributed by atoms with Crippen LogP contribution in [0.5, 0.6) is 0 Å². The number of carbonyl (C=O) groups is 1. The van der Waals surface area contributed by atoms with Crippen molar-refractivity contribution in [1.29, 1.82) is 0 Å². The van der Waals surface area contributed by atoms with E-state index in [4.69, 9.17) is 5.73 Å². The summed E-state index contributed by atoms with van der Waals surface area (Å²) in [6.45, 7) is 1.47. The third-order valence-corrected chi connectivity index (χ3v) is 4.81. The minimum absolute atomic E-state index is 0.0759. The Morgan fingerprint density at radius 1 is 1.32 bits per heavy atom. The molecular weight excluding hydrogens is 276 g/mol. The van der Waals surface area contributed by atoms with Crippen molar-refractivity contribution in [3.05, 3.63) is 42.2 Å². The van der Waals surface area contributed by atoms with Crippen LogP contribution in [0.4, 0.5) is 0 Å². The average molecular weight is 296 g/mol. The molecule has 1 aliphatic heterocycles. The molecule has 1 aromatic carbocycles. The summed E-state index contributed by atoms with van der Waals surface area (Å²) in [7, 11) is 0. The van der Waals surface area contributed by atoms with E-state index in [1.54, 1.807) is 12.4 Å². The van der Waals surface area contributed by atoms with Gasteiger partial charge in [0.05, 0.1) is 0 Å². The fraction of sp³-hybridized carbons (Fsp3) is 0.412. The number of H-pyrrole nitrogens is 1. The highest BCUT2D eigenvalue weighted by Crippen LogP contribution is 2.41. The summed E-state index contributed by atoms with van der Waals surface area (Å²) in [4.78, 5) is 22.0. The Balaban J connectivity index is 1.54. The maximum absolute atomic E-state index is 12.7. The molecule has 4 rings (SSSR count). The molecule has 114 valence electrons. The number of aromatic amines is 1. The van der Waals surface area contributed by atoms with Crippen LogP contribution < -0.4 is 5.73 Å². The number of benzene rings is 1. The quantitative estimate of drug-likeness (QED) is 0.908. The lowest BCUT2D eigenvalue weighted by Gasteiger charge is -2.16. The van der Waals surface area contributed by atoms with Crippen molar-refractivity contribution >= 4 is 5.91 Å². The van der Waals surface area contributed by atoms with Gasteiger partial charge in [0.15, 0.2) is 0 Å². The molecule has 1 amide bonds. The minimum Gasteiger partial charge on any atom is -0.345 e. The van der Waals surface area contributed by atoms with Crippen LogP contribution in [-0.2, 0) is 0 Å². The standard InChI is InChI=1S/C17H20N4O/c18-15-10-21(9-14(15)11-4-5-11)17(22)13-3-1-2-12(8-13)16-19-6-7-20-16/h1-3,6-8,11,14-15H,4-5,9-10,18H2,(H,19,20)/t14-,15+/m0/s1. The number of hydrogen-bond donors (Lipinski definition) is 2. The van der Waals surface area contributed by atoms with Crippen LogP contribution in [0, 0.1) is 11.8 Å². The Morgan fingerprint density at radius 2 is 2.18 bits per heavy atom. The van der Waals surface area contributed by atoms with Crippen LogP contribution in [-0.4, -0.2) is 39.9 Å². The maximum atomic E-state index is 12.7. The van der Waals surface area contributed by atoms with Gasteiger partial charge in [0.25, 0.3) is 5.91 Å². The van der Waals surface area contributed by atoms with E-state index in [1.165, 1.54) is 12.8 Å². The molecule has 2 aromatic rings. The normalized spacial score (nSPS) is 24.7. The zero-order chi connectivity index (χ0) is 15.1. The van der Waals surface area contributed by atoms with Crippen LogP contribution in [0.1, 0.15) is 23.2 Å². The topological polar surface area (TPSA) is 75.0 Å². The molecule has 0 radical (unpaired) electrons. The van der Waals surface area contributed by atoms with E-state index >= 15 is 0 Å². The highest BCUT2D eigenvalue weighted by molar-refractivity contribution is 5.95. The van der Waals surface area contributed by atoms with Crippen molar-refractivity contribution in [2.24, 2.45) is 17.6 Å². The monoisotopic (exact) mass is 296 g/mol. The van der Waals surface area contributed by atoms with Gasteiger partial charge in [-0.05, 0) is 36.8 Å². The molecule has 1 aliphatic carbocycles. The van der Waals surface area contributed by atoms with E-state index in [1.807, 2.05) is 29.2 Å². The van der Waals surface area contributed by atoms with Crippen molar-refractivity contribution in [1.82, 2.24) is 14.9 Å². The van der Waals surface area contributed by atoms with Crippen LogP contribution in [0.3, 0.4) is 0 Å². The first-order valence-corrected chi connectivity index (χ1v) is 7.87. The molecule has 3 N–H and O–H groups in total. The number of nitrogens with two attached hydrogens (primary N) is 1. The van der Waals surface area contributed by atoms with Gasteiger partial charge in [0, 0.05) is 42.7 Å². The zero-order valence-electron chi connectivity index (χ0n) is 12.4. The summed E-state index contributed by atoms with van der Waals surface area (Å²) in [5.74, 6) is 2.08. The van der Waals surface area contributed by atoms with E-state index in [2.05, 4.69) is 9.97 Å². The van der Waals surface area contributed by atoms with Crippen LogP contribution in [0.15, 0.2) is 36.7 Å².